The predicted octanol–water partition coefficient (Wildman–Crippen LogP) is 2.80. The monoisotopic (exact) mass is 704 g/mol. The van der Waals surface area contributed by atoms with Gasteiger partial charge in [-0.1, -0.05) is 33.8 Å². The summed E-state index contributed by atoms with van der Waals surface area (Å²) in [5.41, 5.74) is 6.02. The van der Waals surface area contributed by atoms with Crippen molar-refractivity contribution >= 4 is 34.6 Å². The molecule has 2 aromatic rings. The Morgan fingerprint density at radius 1 is 1.10 bits per heavy atom. The summed E-state index contributed by atoms with van der Waals surface area (Å²) in [6.45, 7) is 16.9. The number of amides is 1. The van der Waals surface area contributed by atoms with Crippen LogP contribution in [0.4, 0.5) is 5.82 Å². The molecule has 13 nitrogen and oxygen atoms in total. The molecule has 7 rings (SSSR count). The fourth-order valence-corrected chi connectivity index (χ4v) is 10.7. The normalized spacial score (nSPS) is 37.3. The van der Waals surface area contributed by atoms with E-state index >= 15 is 0 Å². The van der Waals surface area contributed by atoms with Gasteiger partial charge in [-0.15, -0.1) is 6.58 Å². The number of imidazole rings is 1. The minimum absolute atomic E-state index is 0.0498. The number of aliphatic hydroxyl groups excluding tert-OH is 1. The molecule has 3 aliphatic carbocycles. The molecule has 4 heterocycles. The molecule has 2 saturated heterocycles. The van der Waals surface area contributed by atoms with Gasteiger partial charge in [-0.25, -0.2) is 15.0 Å². The van der Waals surface area contributed by atoms with E-state index in [4.69, 9.17) is 10.5 Å². The number of aryl methyl sites for hydroxylation is 1. The van der Waals surface area contributed by atoms with E-state index in [0.717, 1.165) is 50.1 Å². The number of ether oxygens (including phenoxy) is 1. The molecular formula is C38H56N8O5. The highest BCUT2D eigenvalue weighted by Gasteiger charge is 2.68. The first-order valence-electron chi connectivity index (χ1n) is 19.0. The summed E-state index contributed by atoms with van der Waals surface area (Å²) in [6.07, 6.45) is 8.64. The number of piperazine rings is 1. The molecule has 9 atom stereocenters. The Kier molecular flexibility index (Phi) is 9.54. The van der Waals surface area contributed by atoms with Gasteiger partial charge in [0.25, 0.3) is 0 Å². The van der Waals surface area contributed by atoms with Gasteiger partial charge >= 0.3 is 5.97 Å². The molecule has 2 aliphatic heterocycles. The number of nitrogens with two attached hydrogens (primary N) is 1. The Balaban J connectivity index is 0.969. The minimum atomic E-state index is -0.694. The van der Waals surface area contributed by atoms with Crippen LogP contribution in [0.5, 0.6) is 0 Å². The van der Waals surface area contributed by atoms with Crippen LogP contribution in [0, 0.1) is 34.0 Å². The van der Waals surface area contributed by atoms with Crippen molar-refractivity contribution in [2.45, 2.75) is 97.4 Å². The Hall–Kier alpha value is -3.42. The fourth-order valence-electron chi connectivity index (χ4n) is 10.7. The van der Waals surface area contributed by atoms with Crippen LogP contribution in [-0.2, 0) is 25.7 Å². The fraction of sp³-hybridized carbons (Fsp3) is 0.737. The molecule has 2 bridgehead atoms. The van der Waals surface area contributed by atoms with Crippen LogP contribution in [0.2, 0.25) is 0 Å². The van der Waals surface area contributed by atoms with Crippen molar-refractivity contribution in [3.63, 3.8) is 0 Å². The van der Waals surface area contributed by atoms with Crippen LogP contribution in [0.1, 0.15) is 72.6 Å². The molecule has 2 aromatic heterocycles. The van der Waals surface area contributed by atoms with Gasteiger partial charge in [0.2, 0.25) is 5.91 Å². The van der Waals surface area contributed by atoms with Gasteiger partial charge in [0, 0.05) is 81.4 Å². The maximum atomic E-state index is 13.7. The third-order valence-corrected chi connectivity index (χ3v) is 14.1. The van der Waals surface area contributed by atoms with E-state index < -0.39 is 23.0 Å². The molecule has 1 unspecified atom stereocenters. The number of esters is 1. The van der Waals surface area contributed by atoms with Crippen molar-refractivity contribution < 1.29 is 24.2 Å². The van der Waals surface area contributed by atoms with E-state index in [2.05, 4.69) is 47.2 Å². The Morgan fingerprint density at radius 3 is 2.57 bits per heavy atom. The van der Waals surface area contributed by atoms with Gasteiger partial charge in [0.1, 0.15) is 18.2 Å². The number of carbonyl (C=O) groups is 3. The third-order valence-electron chi connectivity index (χ3n) is 14.1. The zero-order valence-corrected chi connectivity index (χ0v) is 30.8. The van der Waals surface area contributed by atoms with Crippen LogP contribution >= 0.6 is 0 Å². The molecule has 5 fully saturated rings. The van der Waals surface area contributed by atoms with Gasteiger partial charge < -0.3 is 29.9 Å². The first kappa shape index (κ1) is 36.0. The van der Waals surface area contributed by atoms with Crippen LogP contribution in [0.15, 0.2) is 25.3 Å². The lowest BCUT2D eigenvalue weighted by atomic mass is 9.44. The predicted molar refractivity (Wildman–Crippen MR) is 192 cm³/mol. The number of ketones is 1. The molecule has 5 aliphatic rings. The summed E-state index contributed by atoms with van der Waals surface area (Å²) in [7, 11) is 0. The van der Waals surface area contributed by atoms with Gasteiger partial charge in [-0.2, -0.15) is 0 Å². The molecule has 0 radical (unpaired) electrons. The molecule has 13 heteroatoms. The van der Waals surface area contributed by atoms with Crippen molar-refractivity contribution in [1.82, 2.24) is 29.3 Å². The number of nitrogens with zero attached hydrogens (tertiary/aromatic N) is 7. The second-order valence-corrected chi connectivity index (χ2v) is 16.8. The van der Waals surface area contributed by atoms with E-state index in [9.17, 15) is 19.5 Å². The van der Waals surface area contributed by atoms with Crippen LogP contribution in [-0.4, -0.2) is 116 Å². The summed E-state index contributed by atoms with van der Waals surface area (Å²) < 4.78 is 8.36. The quantitative estimate of drug-likeness (QED) is 0.307. The Morgan fingerprint density at radius 2 is 1.86 bits per heavy atom. The number of fused-ring (bicyclic) bond motifs is 1. The van der Waals surface area contributed by atoms with E-state index in [1.807, 2.05) is 27.4 Å². The van der Waals surface area contributed by atoms with Gasteiger partial charge in [-0.05, 0) is 49.4 Å². The van der Waals surface area contributed by atoms with Gasteiger partial charge in [-0.3, -0.25) is 19.3 Å². The van der Waals surface area contributed by atoms with Crippen molar-refractivity contribution in [2.24, 2.45) is 39.7 Å². The maximum absolute atomic E-state index is 13.7. The Labute approximate surface area is 301 Å². The lowest BCUT2D eigenvalue weighted by molar-refractivity contribution is -0.207. The van der Waals surface area contributed by atoms with Crippen molar-refractivity contribution in [3.05, 3.63) is 25.3 Å². The number of aliphatic hydroxyl groups is 1. The maximum Gasteiger partial charge on any atom is 0.320 e. The van der Waals surface area contributed by atoms with Crippen LogP contribution in [0.25, 0.3) is 11.2 Å². The standard InChI is InChI=1S/C38H56N8O5/c1-6-36(4)19-28(37(5)24(2)7-11-38(25(3)33(36)50)12-8-27(47)32(37)38)51-30(49)21-43-15-17-44(18-16-43)29(48)10-14-46-23-42-31-34(40-22-41-35(31)46)45-13-9-26(39)20-45/h6,22-26,28,32-33,50H,1,7-21,39H2,2-5H3/t24-,25+,26?,28-,32+,33+,36-,37+,38+/m1/s1. The molecule has 3 saturated carbocycles. The second kappa shape index (κ2) is 13.5. The summed E-state index contributed by atoms with van der Waals surface area (Å²) >= 11 is 0. The lowest BCUT2D eigenvalue weighted by Gasteiger charge is -2.61. The van der Waals surface area contributed by atoms with Crippen molar-refractivity contribution in [3.8, 4) is 0 Å². The van der Waals surface area contributed by atoms with E-state index in [0.29, 0.717) is 57.6 Å². The van der Waals surface area contributed by atoms with Crippen molar-refractivity contribution in [1.29, 1.82) is 0 Å². The topological polar surface area (TPSA) is 160 Å². The number of aromatic nitrogens is 4. The molecule has 278 valence electrons. The number of anilines is 1. The van der Waals surface area contributed by atoms with E-state index in [1.165, 1.54) is 0 Å². The summed E-state index contributed by atoms with van der Waals surface area (Å²) in [4.78, 5) is 60.3. The molecular weight excluding hydrogens is 648 g/mol. The summed E-state index contributed by atoms with van der Waals surface area (Å²) in [5, 5.41) is 11.8. The average molecular weight is 705 g/mol. The highest BCUT2D eigenvalue weighted by Crippen LogP contribution is 2.68. The van der Waals surface area contributed by atoms with Crippen molar-refractivity contribution in [2.75, 3.05) is 50.7 Å². The highest BCUT2D eigenvalue weighted by molar-refractivity contribution is 5.86. The SMILES string of the molecule is C=C[C@]1(C)C[C@@H](OC(=O)CN2CCN(C(=O)CCn3cnc4c(N5CCC(N)C5)ncnc43)CC2)[C@]2(C)[C@H](C)CC[C@]3(CCC(=O)[C@H]32)[C@@H](C)[C@@H]1O. The first-order valence-corrected chi connectivity index (χ1v) is 19.0. The molecule has 0 aromatic carbocycles. The summed E-state index contributed by atoms with van der Waals surface area (Å²) in [6, 6.07) is 0.123. The van der Waals surface area contributed by atoms with Crippen LogP contribution in [0.3, 0.4) is 0 Å². The molecule has 1 amide bonds. The Bertz CT molecular complexity index is 1670. The molecule has 0 spiro atoms. The highest BCUT2D eigenvalue weighted by atomic mass is 16.5. The molecule has 3 N–H and O–H groups in total. The minimum Gasteiger partial charge on any atom is -0.461 e. The zero-order valence-electron chi connectivity index (χ0n) is 30.8. The van der Waals surface area contributed by atoms with E-state index in [-0.39, 0.29) is 53.4 Å². The number of hydrogen-bond acceptors (Lipinski definition) is 11. The number of Topliss-reactive ketones (excluding diaryl/α,β-unsaturated/α-hetero) is 1. The van der Waals surface area contributed by atoms with Gasteiger partial charge in [0.05, 0.1) is 19.0 Å². The smallest absolute Gasteiger partial charge is 0.320 e. The lowest BCUT2D eigenvalue weighted by Crippen LogP contribution is -2.63. The van der Waals surface area contributed by atoms with E-state index in [1.54, 1.807) is 12.7 Å². The summed E-state index contributed by atoms with van der Waals surface area (Å²) in [5.74, 6) is 0.618. The average Bonchev–Trinajstić information content (AvgIpc) is 3.85. The molecule has 51 heavy (non-hydrogen) atoms. The number of hydrogen-bond donors (Lipinski definition) is 2. The number of carbonyl (C=O) groups excluding carboxylic acids is 3. The zero-order chi connectivity index (χ0) is 36.3. The third kappa shape index (κ3) is 6.06. The van der Waals surface area contributed by atoms with Gasteiger partial charge in [0.15, 0.2) is 17.0 Å². The largest absolute Gasteiger partial charge is 0.461 e. The second-order valence-electron chi connectivity index (χ2n) is 16.8. The first-order chi connectivity index (χ1) is 24.3. The number of rotatable bonds is 8. The van der Waals surface area contributed by atoms with Crippen LogP contribution < -0.4 is 10.6 Å².